The molecule has 0 bridgehead atoms. The summed E-state index contributed by atoms with van der Waals surface area (Å²) >= 11 is 0. The lowest BCUT2D eigenvalue weighted by atomic mass is 9.67. The molecule has 0 aliphatic heterocycles. The van der Waals surface area contributed by atoms with E-state index in [2.05, 4.69) is 265 Å². The van der Waals surface area contributed by atoms with Gasteiger partial charge in [-0.1, -0.05) is 206 Å². The lowest BCUT2D eigenvalue weighted by Gasteiger charge is -2.37. The van der Waals surface area contributed by atoms with Gasteiger partial charge in [0.15, 0.2) is 0 Å². The van der Waals surface area contributed by atoms with Gasteiger partial charge in [-0.15, -0.1) is 0 Å². The Hall–Kier alpha value is -7.68. The Morgan fingerprint density at radius 3 is 1.03 bits per heavy atom. The van der Waals surface area contributed by atoms with E-state index in [1.54, 1.807) is 0 Å². The van der Waals surface area contributed by atoms with Crippen LogP contribution in [0, 0.1) is 0 Å². The van der Waals surface area contributed by atoms with Crippen LogP contribution in [0.5, 0.6) is 0 Å². The van der Waals surface area contributed by atoms with E-state index >= 15 is 0 Å². The molecule has 0 saturated heterocycles. The standard InChI is InChI=1S/C61H48N2/c1-5-17-45(18-6-1)47-29-37-53(38-30-47)62(51-21-9-3-10-22-51)55-41-33-49(34-42-55)61(59-27-15-13-25-57(59)58-26-14-16-28-60(58)61)50-35-43-56(44-36-50)63(52-23-11-4-12-24-52)54-39-31-48(32-40-54)46-19-7-2-8-20-46/h1-37,39,41-44,53-54H,38,40H2. The van der Waals surface area contributed by atoms with Gasteiger partial charge >= 0.3 is 0 Å². The summed E-state index contributed by atoms with van der Waals surface area (Å²) in [4.78, 5) is 4.98. The van der Waals surface area contributed by atoms with Crippen molar-refractivity contribution in [2.75, 3.05) is 9.80 Å². The molecule has 2 atom stereocenters. The third kappa shape index (κ3) is 6.95. The van der Waals surface area contributed by atoms with E-state index in [0.717, 1.165) is 12.8 Å². The van der Waals surface area contributed by atoms with Gasteiger partial charge in [-0.25, -0.2) is 0 Å². The third-order valence-electron chi connectivity index (χ3n) is 13.2. The van der Waals surface area contributed by atoms with Crippen LogP contribution < -0.4 is 9.80 Å². The van der Waals surface area contributed by atoms with E-state index in [0.29, 0.717) is 0 Å². The third-order valence-corrected chi connectivity index (χ3v) is 13.2. The van der Waals surface area contributed by atoms with E-state index < -0.39 is 5.41 Å². The van der Waals surface area contributed by atoms with Crippen LogP contribution in [0.2, 0.25) is 0 Å². The molecule has 0 spiro atoms. The topological polar surface area (TPSA) is 6.48 Å². The van der Waals surface area contributed by atoms with E-state index in [-0.39, 0.29) is 12.1 Å². The van der Waals surface area contributed by atoms with Crippen LogP contribution >= 0.6 is 0 Å². The van der Waals surface area contributed by atoms with Crippen molar-refractivity contribution in [2.45, 2.75) is 30.3 Å². The first kappa shape index (κ1) is 38.3. The Balaban J connectivity index is 0.991. The molecule has 3 aliphatic carbocycles. The molecule has 11 rings (SSSR count). The summed E-state index contributed by atoms with van der Waals surface area (Å²) in [6, 6.07) is 80.4. The molecular weight excluding hydrogens is 761 g/mol. The molecule has 8 aromatic carbocycles. The van der Waals surface area contributed by atoms with Crippen molar-refractivity contribution in [3.63, 3.8) is 0 Å². The molecule has 63 heavy (non-hydrogen) atoms. The van der Waals surface area contributed by atoms with E-state index in [9.17, 15) is 0 Å². The summed E-state index contributed by atoms with van der Waals surface area (Å²) in [6.45, 7) is 0. The largest absolute Gasteiger partial charge is 0.334 e. The normalized spacial score (nSPS) is 17.0. The van der Waals surface area contributed by atoms with Gasteiger partial charge in [0.05, 0.1) is 17.5 Å². The quantitative estimate of drug-likeness (QED) is 0.136. The van der Waals surface area contributed by atoms with Crippen molar-refractivity contribution < 1.29 is 0 Å². The second kappa shape index (κ2) is 16.6. The monoisotopic (exact) mass is 808 g/mol. The Morgan fingerprint density at radius 1 is 0.333 bits per heavy atom. The zero-order valence-corrected chi connectivity index (χ0v) is 35.2. The Bertz CT molecular complexity index is 2770. The molecule has 0 N–H and O–H groups in total. The first-order chi connectivity index (χ1) is 31.3. The summed E-state index contributed by atoms with van der Waals surface area (Å²) < 4.78 is 0. The molecule has 2 nitrogen and oxygen atoms in total. The van der Waals surface area contributed by atoms with Crippen molar-refractivity contribution in [2.24, 2.45) is 0 Å². The molecule has 2 unspecified atom stereocenters. The summed E-state index contributed by atoms with van der Waals surface area (Å²) in [7, 11) is 0. The first-order valence-electron chi connectivity index (χ1n) is 22.2. The highest BCUT2D eigenvalue weighted by Crippen LogP contribution is 2.56. The second-order valence-corrected chi connectivity index (χ2v) is 16.7. The summed E-state index contributed by atoms with van der Waals surface area (Å²) in [5.74, 6) is 0. The van der Waals surface area contributed by atoms with Crippen LogP contribution in [-0.2, 0) is 5.41 Å². The average molecular weight is 809 g/mol. The van der Waals surface area contributed by atoms with Crippen molar-refractivity contribution >= 4 is 33.9 Å². The zero-order chi connectivity index (χ0) is 42.0. The molecule has 8 aromatic rings. The number of nitrogens with zero attached hydrogens (tertiary/aromatic N) is 2. The molecule has 0 fully saturated rings. The number of para-hydroxylation sites is 2. The maximum absolute atomic E-state index is 2.49. The number of fused-ring (bicyclic) bond motifs is 3. The molecule has 0 amide bonds. The molecule has 0 heterocycles. The number of hydrogen-bond acceptors (Lipinski definition) is 2. The fourth-order valence-electron chi connectivity index (χ4n) is 10.3. The number of benzene rings is 8. The van der Waals surface area contributed by atoms with Crippen molar-refractivity contribution in [1.82, 2.24) is 0 Å². The van der Waals surface area contributed by atoms with Crippen molar-refractivity contribution in [3.8, 4) is 11.1 Å². The van der Waals surface area contributed by atoms with Crippen LogP contribution in [0.4, 0.5) is 22.7 Å². The Morgan fingerprint density at radius 2 is 0.667 bits per heavy atom. The molecule has 2 heteroatoms. The number of allylic oxidation sites excluding steroid dienone is 4. The van der Waals surface area contributed by atoms with Gasteiger partial charge in [-0.2, -0.15) is 0 Å². The van der Waals surface area contributed by atoms with Crippen molar-refractivity contribution in [1.29, 1.82) is 0 Å². The lowest BCUT2D eigenvalue weighted by molar-refractivity contribution is 0.761. The summed E-state index contributed by atoms with van der Waals surface area (Å²) in [6.07, 6.45) is 15.9. The molecule has 302 valence electrons. The van der Waals surface area contributed by atoms with Gasteiger partial charge < -0.3 is 9.80 Å². The van der Waals surface area contributed by atoms with Crippen LogP contribution in [0.15, 0.2) is 255 Å². The van der Waals surface area contributed by atoms with Gasteiger partial charge in [0.25, 0.3) is 0 Å². The Kier molecular flexibility index (Phi) is 10.1. The van der Waals surface area contributed by atoms with Crippen LogP contribution in [0.1, 0.15) is 46.2 Å². The highest BCUT2D eigenvalue weighted by molar-refractivity contribution is 5.87. The fraction of sp³-hybridized carbons (Fsp3) is 0.0820. The second-order valence-electron chi connectivity index (χ2n) is 16.7. The molecule has 0 saturated carbocycles. The Labute approximate surface area is 371 Å². The minimum absolute atomic E-state index is 0.173. The zero-order valence-electron chi connectivity index (χ0n) is 35.2. The van der Waals surface area contributed by atoms with Gasteiger partial charge in [0.1, 0.15) is 0 Å². The fourth-order valence-corrected chi connectivity index (χ4v) is 10.3. The first-order valence-corrected chi connectivity index (χ1v) is 22.2. The molecular formula is C61H48N2. The summed E-state index contributed by atoms with van der Waals surface area (Å²) in [5, 5.41) is 0. The van der Waals surface area contributed by atoms with Crippen molar-refractivity contribution in [3.05, 3.63) is 288 Å². The number of rotatable bonds is 10. The molecule has 0 radical (unpaired) electrons. The number of hydrogen-bond donors (Lipinski definition) is 0. The minimum atomic E-state index is -0.518. The average Bonchev–Trinajstić information content (AvgIpc) is 3.67. The lowest BCUT2D eigenvalue weighted by Crippen LogP contribution is -2.31. The van der Waals surface area contributed by atoms with E-state index in [1.165, 1.54) is 78.4 Å². The van der Waals surface area contributed by atoms with Gasteiger partial charge in [-0.05, 0) is 117 Å². The van der Waals surface area contributed by atoms with Crippen LogP contribution in [0.3, 0.4) is 0 Å². The van der Waals surface area contributed by atoms with E-state index in [1.807, 2.05) is 0 Å². The van der Waals surface area contributed by atoms with Crippen LogP contribution in [0.25, 0.3) is 22.3 Å². The van der Waals surface area contributed by atoms with Gasteiger partial charge in [0, 0.05) is 22.7 Å². The summed E-state index contributed by atoms with van der Waals surface area (Å²) in [5.41, 5.74) is 17.0. The minimum Gasteiger partial charge on any atom is -0.334 e. The highest BCUT2D eigenvalue weighted by Gasteiger charge is 2.46. The van der Waals surface area contributed by atoms with Gasteiger partial charge in [-0.3, -0.25) is 0 Å². The van der Waals surface area contributed by atoms with Gasteiger partial charge in [0.2, 0.25) is 0 Å². The molecule has 3 aliphatic rings. The predicted octanol–water partition coefficient (Wildman–Crippen LogP) is 15.2. The maximum atomic E-state index is 2.49. The molecule has 0 aromatic heterocycles. The SMILES string of the molecule is C1=CC(N(c2ccccc2)c2ccc(C3(c4ccc(N(c5ccccc5)C5C=CC(c6ccccc6)=CC5)cc4)c4ccccc4-c4ccccc43)cc2)CC=C1c1ccccc1. The highest BCUT2D eigenvalue weighted by atomic mass is 15.2. The smallest absolute Gasteiger partial charge is 0.0713 e. The van der Waals surface area contributed by atoms with E-state index in [4.69, 9.17) is 0 Å². The predicted molar refractivity (Wildman–Crippen MR) is 265 cm³/mol. The van der Waals surface area contributed by atoms with Crippen LogP contribution in [-0.4, -0.2) is 12.1 Å². The maximum Gasteiger partial charge on any atom is 0.0713 e. The number of anilines is 4.